The van der Waals surface area contributed by atoms with Gasteiger partial charge in [0.1, 0.15) is 5.56 Å². The van der Waals surface area contributed by atoms with E-state index in [4.69, 9.17) is 5.11 Å². The van der Waals surface area contributed by atoms with Gasteiger partial charge < -0.3 is 15.4 Å². The molecule has 0 aromatic carbocycles. The van der Waals surface area contributed by atoms with Crippen LogP contribution >= 0.6 is 0 Å². The Bertz CT molecular complexity index is 401. The smallest absolute Gasteiger partial charge is 0.260 e. The van der Waals surface area contributed by atoms with Gasteiger partial charge in [0, 0.05) is 19.3 Å². The fraction of sp³-hybridized carbons (Fsp3) is 0.500. The van der Waals surface area contributed by atoms with Crippen LogP contribution in [0.2, 0.25) is 0 Å². The Hall–Kier alpha value is -1.62. The van der Waals surface area contributed by atoms with Crippen LogP contribution in [0.3, 0.4) is 0 Å². The minimum Gasteiger partial charge on any atom is -0.396 e. The zero-order valence-corrected chi connectivity index (χ0v) is 9.74. The number of nitrogens with one attached hydrogen (secondary N) is 2. The van der Waals surface area contributed by atoms with Crippen LogP contribution in [0.15, 0.2) is 23.1 Å². The molecule has 0 radical (unpaired) electrons. The lowest BCUT2D eigenvalue weighted by Crippen LogP contribution is -2.29. The van der Waals surface area contributed by atoms with Crippen LogP contribution in [0.4, 0.5) is 0 Å². The van der Waals surface area contributed by atoms with E-state index in [2.05, 4.69) is 10.3 Å². The lowest BCUT2D eigenvalue weighted by Gasteiger charge is -2.04. The molecule has 0 bridgehead atoms. The number of rotatable bonds is 7. The lowest BCUT2D eigenvalue weighted by atomic mass is 10.2. The number of aliphatic hydroxyl groups is 1. The van der Waals surface area contributed by atoms with Crippen molar-refractivity contribution in [1.29, 1.82) is 0 Å². The zero-order valence-electron chi connectivity index (χ0n) is 9.74. The number of unbranched alkanes of at least 4 members (excludes halogenated alkanes) is 3. The molecule has 5 heteroatoms. The summed E-state index contributed by atoms with van der Waals surface area (Å²) in [6, 6.07) is 3.12. The third-order valence-electron chi connectivity index (χ3n) is 2.43. The Morgan fingerprint density at radius 2 is 2.06 bits per heavy atom. The normalized spacial score (nSPS) is 10.2. The molecule has 0 fully saturated rings. The van der Waals surface area contributed by atoms with Gasteiger partial charge >= 0.3 is 0 Å². The molecule has 1 rings (SSSR count). The molecule has 0 aliphatic rings. The van der Waals surface area contributed by atoms with E-state index in [1.807, 2.05) is 0 Å². The van der Waals surface area contributed by atoms with Crippen molar-refractivity contribution in [2.45, 2.75) is 25.7 Å². The van der Waals surface area contributed by atoms with Gasteiger partial charge in [-0.15, -0.1) is 0 Å². The molecule has 3 N–H and O–H groups in total. The van der Waals surface area contributed by atoms with E-state index in [-0.39, 0.29) is 23.6 Å². The highest BCUT2D eigenvalue weighted by Crippen LogP contribution is 1.98. The van der Waals surface area contributed by atoms with Crippen molar-refractivity contribution in [3.05, 3.63) is 34.2 Å². The summed E-state index contributed by atoms with van der Waals surface area (Å²) >= 11 is 0. The van der Waals surface area contributed by atoms with Crippen molar-refractivity contribution in [1.82, 2.24) is 10.3 Å². The van der Waals surface area contributed by atoms with E-state index in [1.165, 1.54) is 12.3 Å². The standard InChI is InChI=1S/C12H18N2O3/c15-9-4-2-1-3-7-13-11(16)10-6-5-8-14-12(10)17/h5-6,8,15H,1-4,7,9H2,(H,13,16)(H,14,17). The molecular weight excluding hydrogens is 220 g/mol. The fourth-order valence-corrected chi connectivity index (χ4v) is 1.49. The van der Waals surface area contributed by atoms with E-state index in [0.29, 0.717) is 6.54 Å². The molecule has 5 nitrogen and oxygen atoms in total. The largest absolute Gasteiger partial charge is 0.396 e. The fourth-order valence-electron chi connectivity index (χ4n) is 1.49. The van der Waals surface area contributed by atoms with Gasteiger partial charge in [-0.05, 0) is 25.0 Å². The molecule has 0 saturated heterocycles. The molecule has 1 aromatic rings. The summed E-state index contributed by atoms with van der Waals surface area (Å²) in [6.45, 7) is 0.768. The van der Waals surface area contributed by atoms with E-state index in [1.54, 1.807) is 6.07 Å². The number of amides is 1. The minimum absolute atomic E-state index is 0.142. The van der Waals surface area contributed by atoms with E-state index in [0.717, 1.165) is 25.7 Å². The summed E-state index contributed by atoms with van der Waals surface area (Å²) in [5.74, 6) is -0.339. The number of hydrogen-bond acceptors (Lipinski definition) is 3. The predicted molar refractivity (Wildman–Crippen MR) is 64.9 cm³/mol. The van der Waals surface area contributed by atoms with Crippen molar-refractivity contribution in [3.8, 4) is 0 Å². The Kier molecular flexibility index (Phi) is 6.03. The van der Waals surface area contributed by atoms with Gasteiger partial charge in [-0.25, -0.2) is 0 Å². The van der Waals surface area contributed by atoms with Crippen LogP contribution in [0.1, 0.15) is 36.0 Å². The van der Waals surface area contributed by atoms with E-state index >= 15 is 0 Å². The average molecular weight is 238 g/mol. The summed E-state index contributed by atoms with van der Waals surface area (Å²) in [5, 5.41) is 11.3. The quantitative estimate of drug-likeness (QED) is 0.610. The highest BCUT2D eigenvalue weighted by Gasteiger charge is 2.07. The second kappa shape index (κ2) is 7.62. The number of pyridine rings is 1. The third kappa shape index (κ3) is 4.82. The molecular formula is C12H18N2O3. The van der Waals surface area contributed by atoms with Gasteiger partial charge in [-0.2, -0.15) is 0 Å². The second-order valence-electron chi connectivity index (χ2n) is 3.81. The number of aliphatic hydroxyl groups excluding tert-OH is 1. The first-order valence-electron chi connectivity index (χ1n) is 5.82. The Balaban J connectivity index is 2.26. The molecule has 0 aliphatic carbocycles. The van der Waals surface area contributed by atoms with Crippen LogP contribution in [-0.2, 0) is 0 Å². The first-order valence-corrected chi connectivity index (χ1v) is 5.82. The number of aromatic amines is 1. The summed E-state index contributed by atoms with van der Waals surface area (Å²) in [5.41, 5.74) is -0.229. The van der Waals surface area contributed by atoms with Crippen molar-refractivity contribution in [2.24, 2.45) is 0 Å². The van der Waals surface area contributed by atoms with Gasteiger partial charge in [0.05, 0.1) is 0 Å². The number of aromatic nitrogens is 1. The second-order valence-corrected chi connectivity index (χ2v) is 3.81. The Morgan fingerprint density at radius 1 is 1.29 bits per heavy atom. The maximum Gasteiger partial charge on any atom is 0.260 e. The molecule has 1 aromatic heterocycles. The molecule has 1 amide bonds. The van der Waals surface area contributed by atoms with Crippen molar-refractivity contribution in [3.63, 3.8) is 0 Å². The van der Waals surface area contributed by atoms with Gasteiger partial charge in [-0.3, -0.25) is 9.59 Å². The zero-order chi connectivity index (χ0) is 12.5. The topological polar surface area (TPSA) is 82.2 Å². The van der Waals surface area contributed by atoms with Crippen LogP contribution in [0.5, 0.6) is 0 Å². The van der Waals surface area contributed by atoms with Crippen molar-refractivity contribution < 1.29 is 9.90 Å². The van der Waals surface area contributed by atoms with Gasteiger partial charge in [0.15, 0.2) is 0 Å². The third-order valence-corrected chi connectivity index (χ3v) is 2.43. The molecule has 1 heterocycles. The van der Waals surface area contributed by atoms with Crippen LogP contribution in [0.25, 0.3) is 0 Å². The van der Waals surface area contributed by atoms with Crippen LogP contribution in [0, 0.1) is 0 Å². The lowest BCUT2D eigenvalue weighted by molar-refractivity contribution is 0.0951. The first kappa shape index (κ1) is 13.4. The number of carbonyl (C=O) groups excluding carboxylic acids is 1. The number of hydrogen-bond donors (Lipinski definition) is 3. The highest BCUT2D eigenvalue weighted by atomic mass is 16.2. The van der Waals surface area contributed by atoms with Crippen molar-refractivity contribution in [2.75, 3.05) is 13.2 Å². The average Bonchev–Trinajstić information content (AvgIpc) is 2.34. The Labute approximate surface area is 99.9 Å². The number of H-pyrrole nitrogens is 1. The van der Waals surface area contributed by atoms with Crippen LogP contribution in [-0.4, -0.2) is 29.1 Å². The van der Waals surface area contributed by atoms with E-state index < -0.39 is 0 Å². The van der Waals surface area contributed by atoms with Gasteiger partial charge in [0.2, 0.25) is 0 Å². The minimum atomic E-state index is -0.370. The predicted octanol–water partition coefficient (Wildman–Crippen LogP) is 0.657. The molecule has 94 valence electrons. The molecule has 17 heavy (non-hydrogen) atoms. The molecule has 0 atom stereocenters. The molecule has 0 aliphatic heterocycles. The monoisotopic (exact) mass is 238 g/mol. The Morgan fingerprint density at radius 3 is 2.76 bits per heavy atom. The van der Waals surface area contributed by atoms with Gasteiger partial charge in [-0.1, -0.05) is 12.8 Å². The number of carbonyl (C=O) groups is 1. The first-order chi connectivity index (χ1) is 8.25. The van der Waals surface area contributed by atoms with E-state index in [9.17, 15) is 9.59 Å². The summed E-state index contributed by atoms with van der Waals surface area (Å²) in [4.78, 5) is 25.3. The molecule has 0 spiro atoms. The maximum atomic E-state index is 11.6. The maximum absolute atomic E-state index is 11.6. The van der Waals surface area contributed by atoms with Gasteiger partial charge in [0.25, 0.3) is 11.5 Å². The summed E-state index contributed by atoms with van der Waals surface area (Å²) in [6.07, 6.45) is 5.07. The SMILES string of the molecule is O=C(NCCCCCCO)c1ccc[nH]c1=O. The molecule has 0 unspecified atom stereocenters. The highest BCUT2D eigenvalue weighted by molar-refractivity contribution is 5.93. The molecule has 0 saturated carbocycles. The summed E-state index contributed by atoms with van der Waals surface area (Å²) in [7, 11) is 0. The van der Waals surface area contributed by atoms with Crippen LogP contribution < -0.4 is 10.9 Å². The van der Waals surface area contributed by atoms with Crippen molar-refractivity contribution >= 4 is 5.91 Å². The summed E-state index contributed by atoms with van der Waals surface area (Å²) < 4.78 is 0.